The Labute approximate surface area is 193 Å². The fourth-order valence-corrected chi connectivity index (χ4v) is 4.56. The summed E-state index contributed by atoms with van der Waals surface area (Å²) in [6.07, 6.45) is 2.60. The monoisotopic (exact) mass is 446 g/mol. The van der Waals surface area contributed by atoms with Gasteiger partial charge in [0.2, 0.25) is 0 Å². The molecule has 1 amide bonds. The van der Waals surface area contributed by atoms with Crippen LogP contribution in [0.15, 0.2) is 48.7 Å². The summed E-state index contributed by atoms with van der Waals surface area (Å²) in [5.74, 6) is 1.10. The molecule has 33 heavy (non-hydrogen) atoms. The van der Waals surface area contributed by atoms with Gasteiger partial charge in [0, 0.05) is 43.1 Å². The van der Waals surface area contributed by atoms with E-state index in [0.29, 0.717) is 30.2 Å². The third-order valence-corrected chi connectivity index (χ3v) is 6.52. The number of carbonyl (C=O) groups excluding carboxylic acids is 1. The van der Waals surface area contributed by atoms with Crippen molar-refractivity contribution in [3.63, 3.8) is 0 Å². The molecule has 0 aliphatic carbocycles. The fourth-order valence-electron chi connectivity index (χ4n) is 4.56. The van der Waals surface area contributed by atoms with E-state index in [-0.39, 0.29) is 17.7 Å². The number of carbonyl (C=O) groups is 1. The minimum atomic E-state index is -0.419. The van der Waals surface area contributed by atoms with Crippen molar-refractivity contribution in [1.82, 2.24) is 9.88 Å². The van der Waals surface area contributed by atoms with Crippen molar-refractivity contribution < 1.29 is 13.9 Å². The molecular formula is C26H27FN4O2. The first kappa shape index (κ1) is 21.2. The van der Waals surface area contributed by atoms with Gasteiger partial charge in [-0.05, 0) is 67.8 Å². The number of anilines is 2. The number of aromatic nitrogens is 1. The van der Waals surface area contributed by atoms with E-state index < -0.39 is 5.82 Å². The lowest BCUT2D eigenvalue weighted by molar-refractivity contribution is 0.0787. The first-order chi connectivity index (χ1) is 15.9. The van der Waals surface area contributed by atoms with Crippen LogP contribution in [-0.4, -0.2) is 35.9 Å². The molecule has 1 aromatic heterocycles. The summed E-state index contributed by atoms with van der Waals surface area (Å²) < 4.78 is 20.8. The molecule has 1 N–H and O–H groups in total. The molecule has 0 unspecified atom stereocenters. The van der Waals surface area contributed by atoms with Crippen LogP contribution in [0.1, 0.15) is 46.9 Å². The Morgan fingerprint density at radius 3 is 2.85 bits per heavy atom. The van der Waals surface area contributed by atoms with Gasteiger partial charge in [-0.15, -0.1) is 0 Å². The highest BCUT2D eigenvalue weighted by Gasteiger charge is 2.29. The lowest BCUT2D eigenvalue weighted by Gasteiger charge is -2.18. The molecule has 2 aliphatic rings. The molecule has 7 heteroatoms. The molecule has 170 valence electrons. The van der Waals surface area contributed by atoms with Gasteiger partial charge in [-0.3, -0.25) is 4.79 Å². The number of fused-ring (bicyclic) bond motifs is 2. The van der Waals surface area contributed by atoms with Crippen molar-refractivity contribution in [1.29, 1.82) is 0 Å². The van der Waals surface area contributed by atoms with Gasteiger partial charge in [-0.25, -0.2) is 9.37 Å². The quantitative estimate of drug-likeness (QED) is 0.567. The highest BCUT2D eigenvalue weighted by atomic mass is 19.1. The number of rotatable bonds is 6. The van der Waals surface area contributed by atoms with Gasteiger partial charge in [-0.2, -0.15) is 0 Å². The smallest absolute Gasteiger partial charge is 0.254 e. The van der Waals surface area contributed by atoms with Crippen molar-refractivity contribution >= 4 is 17.4 Å². The summed E-state index contributed by atoms with van der Waals surface area (Å²) in [5.41, 5.74) is 4.75. The van der Waals surface area contributed by atoms with E-state index in [9.17, 15) is 9.18 Å². The van der Waals surface area contributed by atoms with E-state index in [1.165, 1.54) is 17.3 Å². The van der Waals surface area contributed by atoms with E-state index in [4.69, 9.17) is 4.74 Å². The highest BCUT2D eigenvalue weighted by Crippen LogP contribution is 2.34. The van der Waals surface area contributed by atoms with Crippen LogP contribution < -0.4 is 15.0 Å². The Morgan fingerprint density at radius 2 is 2.06 bits per heavy atom. The maximum absolute atomic E-state index is 14.9. The number of ether oxygens (including phenoxy) is 1. The maximum Gasteiger partial charge on any atom is 0.254 e. The largest absolute Gasteiger partial charge is 0.454 e. The third kappa shape index (κ3) is 3.88. The zero-order chi connectivity index (χ0) is 23.1. The average Bonchev–Trinajstić information content (AvgIpc) is 3.35. The number of hydrogen-bond acceptors (Lipinski definition) is 5. The van der Waals surface area contributed by atoms with Crippen molar-refractivity contribution in [3.8, 4) is 11.5 Å². The fraction of sp³-hybridized carbons (Fsp3) is 0.308. The molecule has 0 bridgehead atoms. The predicted octanol–water partition coefficient (Wildman–Crippen LogP) is 5.15. The Morgan fingerprint density at radius 1 is 1.21 bits per heavy atom. The molecule has 0 saturated heterocycles. The molecule has 3 heterocycles. The zero-order valence-electron chi connectivity index (χ0n) is 19.1. The van der Waals surface area contributed by atoms with Crippen LogP contribution >= 0.6 is 0 Å². The Hall–Kier alpha value is -3.61. The van der Waals surface area contributed by atoms with Crippen LogP contribution in [0.25, 0.3) is 0 Å². The van der Waals surface area contributed by atoms with Gasteiger partial charge in [-0.1, -0.05) is 6.07 Å². The number of amides is 1. The predicted molar refractivity (Wildman–Crippen MR) is 127 cm³/mol. The molecule has 6 nitrogen and oxygen atoms in total. The van der Waals surface area contributed by atoms with Crippen molar-refractivity contribution in [2.75, 3.05) is 30.4 Å². The summed E-state index contributed by atoms with van der Waals surface area (Å²) in [7, 11) is 2.07. The second kappa shape index (κ2) is 8.39. The second-order valence-electron chi connectivity index (χ2n) is 8.63. The molecule has 0 radical (unpaired) electrons. The number of likely N-dealkylation sites (N-methyl/N-ethyl adjacent to an activating group) is 1. The molecule has 5 rings (SSSR count). The van der Waals surface area contributed by atoms with Crippen molar-refractivity contribution in [2.45, 2.75) is 32.9 Å². The Bertz CT molecular complexity index is 1230. The van der Waals surface area contributed by atoms with Gasteiger partial charge in [0.1, 0.15) is 11.6 Å². The maximum atomic E-state index is 14.9. The molecule has 1 atom stereocenters. The van der Waals surface area contributed by atoms with E-state index in [1.807, 2.05) is 38.1 Å². The van der Waals surface area contributed by atoms with Crippen LogP contribution in [0.3, 0.4) is 0 Å². The Balaban J connectivity index is 1.32. The molecule has 0 spiro atoms. The number of nitrogens with one attached hydrogen (secondary N) is 1. The van der Waals surface area contributed by atoms with Crippen LogP contribution in [0.5, 0.6) is 11.5 Å². The molecule has 2 aromatic carbocycles. The minimum Gasteiger partial charge on any atom is -0.454 e. The highest BCUT2D eigenvalue weighted by molar-refractivity contribution is 5.99. The summed E-state index contributed by atoms with van der Waals surface area (Å²) in [6.45, 7) is 6.07. The lowest BCUT2D eigenvalue weighted by atomic mass is 10.1. The summed E-state index contributed by atoms with van der Waals surface area (Å²) >= 11 is 0. The molecule has 0 saturated carbocycles. The van der Waals surface area contributed by atoms with E-state index in [2.05, 4.69) is 22.2 Å². The van der Waals surface area contributed by atoms with E-state index in [1.54, 1.807) is 23.2 Å². The third-order valence-electron chi connectivity index (χ3n) is 6.52. The zero-order valence-corrected chi connectivity index (χ0v) is 19.1. The average molecular weight is 447 g/mol. The van der Waals surface area contributed by atoms with Crippen LogP contribution in [0.4, 0.5) is 15.9 Å². The summed E-state index contributed by atoms with van der Waals surface area (Å²) in [4.78, 5) is 20.9. The minimum absolute atomic E-state index is 0.0244. The van der Waals surface area contributed by atoms with Gasteiger partial charge in [0.05, 0.1) is 12.6 Å². The Kier molecular flexibility index (Phi) is 5.40. The van der Waals surface area contributed by atoms with E-state index >= 15 is 0 Å². The van der Waals surface area contributed by atoms with Gasteiger partial charge in [0.15, 0.2) is 11.6 Å². The first-order valence-corrected chi connectivity index (χ1v) is 11.3. The van der Waals surface area contributed by atoms with Gasteiger partial charge < -0.3 is 19.9 Å². The number of halogens is 1. The molecule has 3 aromatic rings. The molecular weight excluding hydrogens is 419 g/mol. The standard InChI is InChI=1S/C26H27FN4O2/c1-4-31-15-21-20(26(31)32)9-11-28-25(21)29-16(2)17-5-8-24(22(27)14-17)33-19-6-7-23-18(13-19)10-12-30(23)3/h5-9,11,13-14,16H,4,10,12,15H2,1-3H3,(H,28,29)/t16-/m0/s1. The van der Waals surface area contributed by atoms with Crippen LogP contribution in [0, 0.1) is 5.82 Å². The normalized spacial score (nSPS) is 15.5. The van der Waals surface area contributed by atoms with Crippen molar-refractivity contribution in [3.05, 3.63) is 76.7 Å². The lowest BCUT2D eigenvalue weighted by Crippen LogP contribution is -2.22. The topological polar surface area (TPSA) is 57.7 Å². The van der Waals surface area contributed by atoms with Gasteiger partial charge >= 0.3 is 0 Å². The summed E-state index contributed by atoms with van der Waals surface area (Å²) in [6, 6.07) is 12.4. The summed E-state index contributed by atoms with van der Waals surface area (Å²) in [5, 5.41) is 3.35. The first-order valence-electron chi connectivity index (χ1n) is 11.3. The number of nitrogens with zero attached hydrogens (tertiary/aromatic N) is 3. The van der Waals surface area contributed by atoms with Crippen LogP contribution in [-0.2, 0) is 13.0 Å². The number of benzene rings is 2. The SMILES string of the molecule is CCN1Cc2c(ccnc2N[C@@H](C)c2ccc(Oc3ccc4c(c3)CCN4C)c(F)c2)C1=O. The second-order valence-corrected chi connectivity index (χ2v) is 8.63. The molecule has 2 aliphatic heterocycles. The van der Waals surface area contributed by atoms with Crippen LogP contribution in [0.2, 0.25) is 0 Å². The van der Waals surface area contributed by atoms with E-state index in [0.717, 1.165) is 24.1 Å². The van der Waals surface area contributed by atoms with Gasteiger partial charge in [0.25, 0.3) is 5.91 Å². The number of pyridine rings is 1. The van der Waals surface area contributed by atoms with Crippen molar-refractivity contribution in [2.24, 2.45) is 0 Å². The molecule has 0 fully saturated rings. The number of hydrogen-bond donors (Lipinski definition) is 1.